The first kappa shape index (κ1) is 12.4. The number of nitrogens with zero attached hydrogens (tertiary/aromatic N) is 4. The van der Waals surface area contributed by atoms with Crippen LogP contribution in [0.1, 0.15) is 11.5 Å². The Morgan fingerprint density at radius 2 is 2.05 bits per heavy atom. The maximum absolute atomic E-state index is 5.96. The molecule has 3 rings (SSSR count). The molecule has 0 amide bonds. The van der Waals surface area contributed by atoms with Crippen LogP contribution in [0.5, 0.6) is 0 Å². The number of hydrogen-bond donors (Lipinski definition) is 2. The number of rotatable bonds is 3. The van der Waals surface area contributed by atoms with Crippen LogP contribution in [0.2, 0.25) is 10.0 Å². The van der Waals surface area contributed by atoms with E-state index in [1.165, 1.54) is 0 Å². The lowest BCUT2D eigenvalue weighted by atomic mass is 10.3. The summed E-state index contributed by atoms with van der Waals surface area (Å²) < 4.78 is 1.67. The second-order valence-electron chi connectivity index (χ2n) is 4.08. The van der Waals surface area contributed by atoms with Crippen LogP contribution >= 0.6 is 23.2 Å². The summed E-state index contributed by atoms with van der Waals surface area (Å²) in [6, 6.07) is 3.48. The lowest BCUT2D eigenvalue weighted by Gasteiger charge is -1.94. The fourth-order valence-corrected chi connectivity index (χ4v) is 2.12. The van der Waals surface area contributed by atoms with Crippen LogP contribution in [-0.4, -0.2) is 25.0 Å². The van der Waals surface area contributed by atoms with Gasteiger partial charge in [0.05, 0.1) is 33.0 Å². The van der Waals surface area contributed by atoms with Crippen molar-refractivity contribution >= 4 is 34.2 Å². The number of H-pyrrole nitrogens is 1. The Kier molecular flexibility index (Phi) is 3.14. The molecule has 3 N–H and O–H groups in total. The van der Waals surface area contributed by atoms with Crippen molar-refractivity contribution in [3.05, 3.63) is 39.9 Å². The molecule has 6 nitrogen and oxygen atoms in total. The molecular formula is C11H10Cl2N6. The maximum Gasteiger partial charge on any atom is 0.129 e. The van der Waals surface area contributed by atoms with E-state index in [0.717, 1.165) is 22.6 Å². The predicted molar refractivity (Wildman–Crippen MR) is 73.1 cm³/mol. The molecule has 0 spiro atoms. The minimum absolute atomic E-state index is 0.366. The van der Waals surface area contributed by atoms with Crippen LogP contribution in [-0.2, 0) is 13.1 Å². The van der Waals surface area contributed by atoms with Crippen molar-refractivity contribution in [1.82, 2.24) is 25.0 Å². The van der Waals surface area contributed by atoms with Crippen LogP contribution in [0.25, 0.3) is 11.0 Å². The molecule has 3 aromatic rings. The molecule has 8 heteroatoms. The third-order valence-electron chi connectivity index (χ3n) is 2.68. The average Bonchev–Trinajstić information content (AvgIpc) is 2.97. The van der Waals surface area contributed by atoms with Crippen molar-refractivity contribution in [2.45, 2.75) is 13.1 Å². The molecule has 1 aromatic carbocycles. The number of benzene rings is 1. The monoisotopic (exact) mass is 296 g/mol. The maximum atomic E-state index is 5.96. The van der Waals surface area contributed by atoms with Gasteiger partial charge in [0, 0.05) is 6.54 Å². The van der Waals surface area contributed by atoms with E-state index in [4.69, 9.17) is 28.9 Å². The molecular weight excluding hydrogens is 287 g/mol. The smallest absolute Gasteiger partial charge is 0.129 e. The number of aromatic amines is 1. The van der Waals surface area contributed by atoms with Crippen LogP contribution in [0, 0.1) is 0 Å². The normalized spacial score (nSPS) is 11.3. The molecule has 0 aliphatic heterocycles. The lowest BCUT2D eigenvalue weighted by molar-refractivity contribution is 0.630. The molecule has 98 valence electrons. The quantitative estimate of drug-likeness (QED) is 0.774. The fraction of sp³-hybridized carbons (Fsp3) is 0.182. The van der Waals surface area contributed by atoms with Crippen molar-refractivity contribution in [1.29, 1.82) is 0 Å². The van der Waals surface area contributed by atoms with Crippen LogP contribution < -0.4 is 5.73 Å². The largest absolute Gasteiger partial charge is 0.340 e. The summed E-state index contributed by atoms with van der Waals surface area (Å²) in [6.07, 6.45) is 1.78. The molecule has 0 unspecified atom stereocenters. The standard InChI is InChI=1S/C11H10Cl2N6/c12-7-1-9-10(2-8(7)13)16-11(15-9)5-19-4-6(3-14)17-18-19/h1-2,4H,3,5,14H2,(H,15,16). The topological polar surface area (TPSA) is 85.4 Å². The first-order valence-electron chi connectivity index (χ1n) is 5.58. The molecule has 0 saturated heterocycles. The van der Waals surface area contributed by atoms with Crippen molar-refractivity contribution in [2.75, 3.05) is 0 Å². The van der Waals surface area contributed by atoms with Gasteiger partial charge in [-0.2, -0.15) is 0 Å². The first-order chi connectivity index (χ1) is 9.15. The molecule has 0 atom stereocenters. The molecule has 0 aliphatic rings. The minimum Gasteiger partial charge on any atom is -0.340 e. The fourth-order valence-electron chi connectivity index (χ4n) is 1.80. The summed E-state index contributed by atoms with van der Waals surface area (Å²) in [5.74, 6) is 0.752. The zero-order valence-electron chi connectivity index (χ0n) is 9.77. The highest BCUT2D eigenvalue weighted by molar-refractivity contribution is 6.42. The van der Waals surface area contributed by atoms with Crippen LogP contribution in [0.3, 0.4) is 0 Å². The Hall–Kier alpha value is -1.63. The van der Waals surface area contributed by atoms with Gasteiger partial charge in [0.25, 0.3) is 0 Å². The molecule has 0 fully saturated rings. The molecule has 2 heterocycles. The van der Waals surface area contributed by atoms with Crippen molar-refractivity contribution in [3.8, 4) is 0 Å². The van der Waals surface area contributed by atoms with E-state index < -0.39 is 0 Å². The Bertz CT molecular complexity index is 693. The van der Waals surface area contributed by atoms with Gasteiger partial charge < -0.3 is 10.7 Å². The molecule has 0 bridgehead atoms. The van der Waals surface area contributed by atoms with Gasteiger partial charge in [-0.1, -0.05) is 28.4 Å². The third-order valence-corrected chi connectivity index (χ3v) is 3.40. The van der Waals surface area contributed by atoms with E-state index in [9.17, 15) is 0 Å². The third kappa shape index (κ3) is 2.42. The SMILES string of the molecule is NCc1cn(Cc2nc3cc(Cl)c(Cl)cc3[nH]2)nn1. The van der Waals surface area contributed by atoms with Crippen LogP contribution in [0.15, 0.2) is 18.3 Å². The molecule has 0 radical (unpaired) electrons. The number of hydrogen-bond acceptors (Lipinski definition) is 4. The summed E-state index contributed by atoms with van der Waals surface area (Å²) in [7, 11) is 0. The highest BCUT2D eigenvalue weighted by atomic mass is 35.5. The van der Waals surface area contributed by atoms with Gasteiger partial charge in [0.15, 0.2) is 0 Å². The number of imidazole rings is 1. The van der Waals surface area contributed by atoms with Gasteiger partial charge in [-0.05, 0) is 12.1 Å². The van der Waals surface area contributed by atoms with E-state index in [2.05, 4.69) is 20.3 Å². The lowest BCUT2D eigenvalue weighted by Crippen LogP contribution is -2.02. The van der Waals surface area contributed by atoms with Crippen molar-refractivity contribution in [3.63, 3.8) is 0 Å². The number of halogens is 2. The van der Waals surface area contributed by atoms with Gasteiger partial charge in [0.1, 0.15) is 12.4 Å². The summed E-state index contributed by atoms with van der Waals surface area (Å²) in [4.78, 5) is 7.59. The second kappa shape index (κ2) is 4.80. The Morgan fingerprint density at radius 1 is 1.26 bits per heavy atom. The van der Waals surface area contributed by atoms with Gasteiger partial charge in [-0.3, -0.25) is 0 Å². The number of nitrogens with one attached hydrogen (secondary N) is 1. The molecule has 0 aliphatic carbocycles. The summed E-state index contributed by atoms with van der Waals surface area (Å²) >= 11 is 11.9. The molecule has 2 aromatic heterocycles. The van der Waals surface area contributed by atoms with E-state index >= 15 is 0 Å². The Labute approximate surface area is 118 Å². The number of nitrogens with two attached hydrogens (primary N) is 1. The molecule has 0 saturated carbocycles. The highest BCUT2D eigenvalue weighted by Gasteiger charge is 2.08. The first-order valence-corrected chi connectivity index (χ1v) is 6.34. The van der Waals surface area contributed by atoms with Gasteiger partial charge >= 0.3 is 0 Å². The van der Waals surface area contributed by atoms with Crippen molar-refractivity contribution < 1.29 is 0 Å². The second-order valence-corrected chi connectivity index (χ2v) is 4.89. The Balaban J connectivity index is 1.92. The summed E-state index contributed by atoms with van der Waals surface area (Å²) in [5.41, 5.74) is 7.82. The number of fused-ring (bicyclic) bond motifs is 1. The number of aromatic nitrogens is 5. The average molecular weight is 297 g/mol. The summed E-state index contributed by atoms with van der Waals surface area (Å²) in [5, 5.41) is 8.86. The van der Waals surface area contributed by atoms with Gasteiger partial charge in [-0.25, -0.2) is 9.67 Å². The van der Waals surface area contributed by atoms with Gasteiger partial charge in [-0.15, -0.1) is 5.10 Å². The van der Waals surface area contributed by atoms with E-state index in [0.29, 0.717) is 23.1 Å². The minimum atomic E-state index is 0.366. The van der Waals surface area contributed by atoms with E-state index in [-0.39, 0.29) is 0 Å². The molecule has 19 heavy (non-hydrogen) atoms. The zero-order valence-corrected chi connectivity index (χ0v) is 11.3. The highest BCUT2D eigenvalue weighted by Crippen LogP contribution is 2.26. The zero-order chi connectivity index (χ0) is 13.4. The van der Waals surface area contributed by atoms with Gasteiger partial charge in [0.2, 0.25) is 0 Å². The van der Waals surface area contributed by atoms with E-state index in [1.807, 2.05) is 0 Å². The van der Waals surface area contributed by atoms with Crippen LogP contribution in [0.4, 0.5) is 0 Å². The Morgan fingerprint density at radius 3 is 2.79 bits per heavy atom. The van der Waals surface area contributed by atoms with Crippen molar-refractivity contribution in [2.24, 2.45) is 5.73 Å². The predicted octanol–water partition coefficient (Wildman–Crippen LogP) is 1.97. The van der Waals surface area contributed by atoms with E-state index in [1.54, 1.807) is 23.0 Å². The summed E-state index contributed by atoms with van der Waals surface area (Å²) in [6.45, 7) is 0.849.